The number of halogens is 4. The quantitative estimate of drug-likeness (QED) is 0.239. The Kier molecular flexibility index (Phi) is 6.06. The molecule has 0 bridgehead atoms. The lowest BCUT2D eigenvalue weighted by Crippen LogP contribution is -2.25. The summed E-state index contributed by atoms with van der Waals surface area (Å²) < 4.78 is 6.34. The van der Waals surface area contributed by atoms with Gasteiger partial charge in [-0.3, -0.25) is 10.4 Å². The minimum Gasteiger partial charge on any atom is -0.453 e. The zero-order valence-electron chi connectivity index (χ0n) is 16.3. The van der Waals surface area contributed by atoms with E-state index in [1.165, 1.54) is 0 Å². The van der Waals surface area contributed by atoms with E-state index in [-0.39, 0.29) is 0 Å². The van der Waals surface area contributed by atoms with Crippen LogP contribution in [0, 0.1) is 0 Å². The molecule has 1 N–H and O–H groups in total. The molecule has 1 aliphatic heterocycles. The van der Waals surface area contributed by atoms with Gasteiger partial charge in [-0.2, -0.15) is 0 Å². The summed E-state index contributed by atoms with van der Waals surface area (Å²) in [6, 6.07) is 24.5. The first-order valence-electron chi connectivity index (χ1n) is 9.53. The lowest BCUT2D eigenvalue weighted by molar-refractivity contribution is 0.455. The van der Waals surface area contributed by atoms with Crippen molar-refractivity contribution in [2.24, 2.45) is 0 Å². The van der Waals surface area contributed by atoms with Crippen molar-refractivity contribution in [2.75, 3.05) is 10.4 Å². The molecule has 0 unspecified atom stereocenters. The first-order valence-corrected chi connectivity index (χ1v) is 11.9. The van der Waals surface area contributed by atoms with Crippen molar-refractivity contribution in [3.63, 3.8) is 0 Å². The van der Waals surface area contributed by atoms with Gasteiger partial charge in [0.25, 0.3) is 0 Å². The molecule has 0 amide bonds. The highest BCUT2D eigenvalue weighted by molar-refractivity contribution is 7.99. The molecule has 0 saturated heterocycles. The van der Waals surface area contributed by atoms with E-state index in [1.54, 1.807) is 36.0 Å². The van der Waals surface area contributed by atoms with E-state index in [9.17, 15) is 0 Å². The number of ether oxygens (including phenoxy) is 1. The number of rotatable bonds is 4. The highest BCUT2D eigenvalue weighted by Crippen LogP contribution is 2.51. The fourth-order valence-corrected chi connectivity index (χ4v) is 5.41. The molecular formula is C24H14Cl4N2OS. The molecule has 0 atom stereocenters. The second-order valence-electron chi connectivity index (χ2n) is 6.99. The van der Waals surface area contributed by atoms with E-state index in [0.29, 0.717) is 31.5 Å². The number of hydrogen-bond acceptors (Lipinski definition) is 4. The minimum absolute atomic E-state index is 0.508. The van der Waals surface area contributed by atoms with E-state index in [1.807, 2.05) is 59.6 Å². The fourth-order valence-electron chi connectivity index (χ4n) is 3.39. The zero-order chi connectivity index (χ0) is 22.2. The van der Waals surface area contributed by atoms with Crippen LogP contribution in [0.25, 0.3) is 0 Å². The number of fused-ring (bicyclic) bond motifs is 2. The first-order chi connectivity index (χ1) is 15.5. The normalized spacial score (nSPS) is 11.9. The van der Waals surface area contributed by atoms with Gasteiger partial charge in [0.1, 0.15) is 11.4 Å². The van der Waals surface area contributed by atoms with Gasteiger partial charge in [0.05, 0.1) is 21.2 Å². The summed E-state index contributed by atoms with van der Waals surface area (Å²) in [6.45, 7) is 0. The standard InChI is InChI=1S/C24H14Cl4N2OS/c25-14-8-15(26)11-18(10-14)29-30(19-12-16(27)9-17(28)13-19)20-4-3-7-23-24(20)31-21-5-1-2-6-22(21)32-23/h1-13,29H. The van der Waals surface area contributed by atoms with Gasteiger partial charge >= 0.3 is 0 Å². The van der Waals surface area contributed by atoms with Crippen LogP contribution in [-0.2, 0) is 0 Å². The number of nitrogens with one attached hydrogen (secondary N) is 1. The molecule has 8 heteroatoms. The van der Waals surface area contributed by atoms with E-state index < -0.39 is 0 Å². The van der Waals surface area contributed by atoms with Crippen LogP contribution in [-0.4, -0.2) is 0 Å². The highest BCUT2D eigenvalue weighted by Gasteiger charge is 2.24. The van der Waals surface area contributed by atoms with Gasteiger partial charge < -0.3 is 4.74 Å². The summed E-state index contributed by atoms with van der Waals surface area (Å²) in [5, 5.41) is 3.90. The Morgan fingerprint density at radius 1 is 0.688 bits per heavy atom. The van der Waals surface area contributed by atoms with Gasteiger partial charge in [0.15, 0.2) is 5.75 Å². The van der Waals surface area contributed by atoms with Crippen LogP contribution in [0.5, 0.6) is 11.5 Å². The van der Waals surface area contributed by atoms with Crippen LogP contribution in [0.2, 0.25) is 20.1 Å². The van der Waals surface area contributed by atoms with Crippen LogP contribution in [0.4, 0.5) is 17.1 Å². The number of benzene rings is 4. The Morgan fingerprint density at radius 3 is 2.03 bits per heavy atom. The summed E-state index contributed by atoms with van der Waals surface area (Å²) in [5.74, 6) is 1.51. The molecule has 1 heterocycles. The van der Waals surface area contributed by atoms with Crippen molar-refractivity contribution in [2.45, 2.75) is 9.79 Å². The van der Waals surface area contributed by atoms with Gasteiger partial charge in [-0.25, -0.2) is 0 Å². The molecule has 32 heavy (non-hydrogen) atoms. The van der Waals surface area contributed by atoms with Crippen molar-refractivity contribution in [3.05, 3.63) is 99.0 Å². The molecule has 4 aromatic carbocycles. The van der Waals surface area contributed by atoms with E-state index in [4.69, 9.17) is 51.1 Å². The molecule has 160 valence electrons. The van der Waals surface area contributed by atoms with Gasteiger partial charge in [-0.05, 0) is 60.7 Å². The van der Waals surface area contributed by atoms with Crippen LogP contribution in [0.15, 0.2) is 88.7 Å². The first kappa shape index (κ1) is 21.6. The molecule has 1 aliphatic rings. The second kappa shape index (κ2) is 8.97. The van der Waals surface area contributed by atoms with E-state index in [2.05, 4.69) is 5.43 Å². The van der Waals surface area contributed by atoms with Crippen molar-refractivity contribution in [1.82, 2.24) is 0 Å². The Labute approximate surface area is 209 Å². The average molecular weight is 520 g/mol. The largest absolute Gasteiger partial charge is 0.453 e. The smallest absolute Gasteiger partial charge is 0.166 e. The lowest BCUT2D eigenvalue weighted by atomic mass is 10.2. The summed E-state index contributed by atoms with van der Waals surface area (Å²) in [7, 11) is 0. The van der Waals surface area contributed by atoms with Crippen molar-refractivity contribution >= 4 is 75.2 Å². The van der Waals surface area contributed by atoms with E-state index in [0.717, 1.165) is 26.9 Å². The average Bonchev–Trinajstić information content (AvgIpc) is 2.74. The van der Waals surface area contributed by atoms with Crippen LogP contribution in [0.3, 0.4) is 0 Å². The van der Waals surface area contributed by atoms with Gasteiger partial charge in [-0.1, -0.05) is 76.4 Å². The SMILES string of the molecule is Clc1cc(Cl)cc(NN(c2cc(Cl)cc(Cl)c2)c2cccc3c2Oc2ccccc2S3)c1. The highest BCUT2D eigenvalue weighted by atomic mass is 35.5. The molecule has 4 aromatic rings. The number of hydrogen-bond donors (Lipinski definition) is 1. The number of para-hydroxylation sites is 2. The Morgan fingerprint density at radius 2 is 1.31 bits per heavy atom. The van der Waals surface area contributed by atoms with Crippen molar-refractivity contribution in [3.8, 4) is 11.5 Å². The third-order valence-corrected chi connectivity index (χ3v) is 6.66. The topological polar surface area (TPSA) is 24.5 Å². The molecule has 0 aliphatic carbocycles. The maximum absolute atomic E-state index is 6.34. The van der Waals surface area contributed by atoms with Crippen molar-refractivity contribution in [1.29, 1.82) is 0 Å². The summed E-state index contributed by atoms with van der Waals surface area (Å²) in [4.78, 5) is 2.05. The molecule has 0 fully saturated rings. The number of anilines is 3. The molecule has 3 nitrogen and oxygen atoms in total. The fraction of sp³-hybridized carbons (Fsp3) is 0. The van der Waals surface area contributed by atoms with Crippen molar-refractivity contribution < 1.29 is 4.74 Å². The second-order valence-corrected chi connectivity index (χ2v) is 9.82. The monoisotopic (exact) mass is 518 g/mol. The van der Waals surface area contributed by atoms with Gasteiger partial charge in [0.2, 0.25) is 0 Å². The molecule has 0 aromatic heterocycles. The summed E-state index contributed by atoms with van der Waals surface area (Å²) >= 11 is 26.8. The predicted octanol–water partition coefficient (Wildman–Crippen LogP) is 9.72. The summed E-state index contributed by atoms with van der Waals surface area (Å²) in [6.07, 6.45) is 0. The predicted molar refractivity (Wildman–Crippen MR) is 136 cm³/mol. The minimum atomic E-state index is 0.508. The van der Waals surface area contributed by atoms with Crippen LogP contribution >= 0.6 is 58.2 Å². The number of hydrazine groups is 1. The molecule has 5 rings (SSSR count). The Bertz CT molecular complexity index is 1290. The maximum atomic E-state index is 6.34. The summed E-state index contributed by atoms with van der Waals surface area (Å²) in [5.41, 5.74) is 5.57. The molecule has 0 radical (unpaired) electrons. The number of nitrogens with zero attached hydrogens (tertiary/aromatic N) is 1. The molecule has 0 spiro atoms. The Hall–Kier alpha value is -2.21. The molecular weight excluding hydrogens is 506 g/mol. The van der Waals surface area contributed by atoms with Gasteiger partial charge in [-0.15, -0.1) is 0 Å². The third kappa shape index (κ3) is 4.47. The third-order valence-electron chi connectivity index (χ3n) is 4.69. The Balaban J connectivity index is 1.65. The maximum Gasteiger partial charge on any atom is 0.166 e. The zero-order valence-corrected chi connectivity index (χ0v) is 20.1. The lowest BCUT2D eigenvalue weighted by Gasteiger charge is -2.31. The van der Waals surface area contributed by atoms with E-state index >= 15 is 0 Å². The van der Waals surface area contributed by atoms with Gasteiger partial charge in [0, 0.05) is 20.1 Å². The molecule has 0 saturated carbocycles. The van der Waals surface area contributed by atoms with Crippen LogP contribution in [0.1, 0.15) is 0 Å². The van der Waals surface area contributed by atoms with Crippen LogP contribution < -0.4 is 15.2 Å².